The molecule has 0 spiro atoms. The number of benzene rings is 1. The van der Waals surface area contributed by atoms with Crippen LogP contribution in [-0.2, 0) is 0 Å². The fourth-order valence-corrected chi connectivity index (χ4v) is 4.42. The van der Waals surface area contributed by atoms with Crippen LogP contribution in [-0.4, -0.2) is 0 Å². The van der Waals surface area contributed by atoms with Gasteiger partial charge in [-0.3, -0.25) is 0 Å². The molecule has 0 radical (unpaired) electrons. The van der Waals surface area contributed by atoms with Gasteiger partial charge in [-0.15, -0.1) is 0 Å². The van der Waals surface area contributed by atoms with Crippen LogP contribution >= 0.6 is 0 Å². The van der Waals surface area contributed by atoms with Gasteiger partial charge in [0.15, 0.2) is 0 Å². The van der Waals surface area contributed by atoms with Crippen molar-refractivity contribution in [1.29, 1.82) is 0 Å². The van der Waals surface area contributed by atoms with E-state index in [0.717, 1.165) is 11.8 Å². The monoisotopic (exact) mass is 384 g/mol. The molecular formula is C28H48. The molecule has 1 aromatic rings. The van der Waals surface area contributed by atoms with E-state index in [9.17, 15) is 0 Å². The SMILES string of the molecule is CC.CCC(C)/C=C(\c1cc(C(C)C)ccc1C)C1CCCCCCC(C)C1. The standard InChI is InChI=1S/C26H42.C2H6/c1-7-20(4)17-26(24-13-11-9-8-10-12-21(5)16-24)25-18-23(19(2)3)15-14-22(25)6;1-2/h14-15,17-21,24H,7-13,16H2,1-6H3;1-2H3/b26-17-;. The molecule has 1 saturated carbocycles. The largest absolute Gasteiger partial charge is 0.0776 e. The third kappa shape index (κ3) is 7.76. The lowest BCUT2D eigenvalue weighted by molar-refractivity contribution is 0.416. The van der Waals surface area contributed by atoms with Gasteiger partial charge in [-0.25, -0.2) is 0 Å². The van der Waals surface area contributed by atoms with Crippen LogP contribution in [0, 0.1) is 24.7 Å². The molecular weight excluding hydrogens is 336 g/mol. The molecule has 28 heavy (non-hydrogen) atoms. The topological polar surface area (TPSA) is 0 Å². The van der Waals surface area contributed by atoms with Crippen molar-refractivity contribution in [1.82, 2.24) is 0 Å². The second-order valence-electron chi connectivity index (χ2n) is 9.27. The van der Waals surface area contributed by atoms with E-state index in [1.807, 2.05) is 13.8 Å². The highest BCUT2D eigenvalue weighted by Gasteiger charge is 2.22. The summed E-state index contributed by atoms with van der Waals surface area (Å²) in [7, 11) is 0. The Kier molecular flexibility index (Phi) is 11.8. The Morgan fingerprint density at radius 3 is 2.29 bits per heavy atom. The van der Waals surface area contributed by atoms with Gasteiger partial charge >= 0.3 is 0 Å². The lowest BCUT2D eigenvalue weighted by Gasteiger charge is -2.26. The van der Waals surface area contributed by atoms with Gasteiger partial charge in [0.2, 0.25) is 0 Å². The minimum Gasteiger partial charge on any atom is -0.0776 e. The summed E-state index contributed by atoms with van der Waals surface area (Å²) in [5.74, 6) is 2.85. The molecule has 0 amide bonds. The Balaban J connectivity index is 0.00000190. The van der Waals surface area contributed by atoms with E-state index in [0.29, 0.717) is 11.8 Å². The zero-order valence-electron chi connectivity index (χ0n) is 20.3. The van der Waals surface area contributed by atoms with Gasteiger partial charge in [0.05, 0.1) is 0 Å². The lowest BCUT2D eigenvalue weighted by atomic mass is 9.79. The number of hydrogen-bond donors (Lipinski definition) is 0. The third-order valence-electron chi connectivity index (χ3n) is 6.47. The first-order chi connectivity index (χ1) is 13.4. The summed E-state index contributed by atoms with van der Waals surface area (Å²) < 4.78 is 0. The average molecular weight is 385 g/mol. The first-order valence-corrected chi connectivity index (χ1v) is 12.2. The van der Waals surface area contributed by atoms with Gasteiger partial charge in [0.25, 0.3) is 0 Å². The van der Waals surface area contributed by atoms with Crippen LogP contribution in [0.5, 0.6) is 0 Å². The Morgan fingerprint density at radius 1 is 1.04 bits per heavy atom. The minimum absolute atomic E-state index is 0.596. The Bertz CT molecular complexity index is 578. The fourth-order valence-electron chi connectivity index (χ4n) is 4.42. The van der Waals surface area contributed by atoms with Gasteiger partial charge < -0.3 is 0 Å². The van der Waals surface area contributed by atoms with Crippen LogP contribution in [0.3, 0.4) is 0 Å². The summed E-state index contributed by atoms with van der Waals surface area (Å²) in [6.45, 7) is 18.1. The molecule has 2 rings (SSSR count). The van der Waals surface area contributed by atoms with Crippen LogP contribution in [0.15, 0.2) is 24.3 Å². The quantitative estimate of drug-likeness (QED) is 0.474. The summed E-state index contributed by atoms with van der Waals surface area (Å²) in [4.78, 5) is 0. The molecule has 0 nitrogen and oxygen atoms in total. The number of allylic oxidation sites excluding steroid dienone is 2. The third-order valence-corrected chi connectivity index (χ3v) is 6.47. The second-order valence-corrected chi connectivity index (χ2v) is 9.27. The van der Waals surface area contributed by atoms with Crippen LogP contribution in [0.1, 0.15) is 122 Å². The molecule has 1 fully saturated rings. The fraction of sp³-hybridized carbons (Fsp3) is 0.714. The number of rotatable bonds is 5. The Labute approximate surface area is 177 Å². The summed E-state index contributed by atoms with van der Waals surface area (Å²) >= 11 is 0. The van der Waals surface area contributed by atoms with Crippen LogP contribution in [0.4, 0.5) is 0 Å². The molecule has 0 N–H and O–H groups in total. The molecule has 1 aromatic carbocycles. The molecule has 0 saturated heterocycles. The van der Waals surface area contributed by atoms with E-state index >= 15 is 0 Å². The van der Waals surface area contributed by atoms with Crippen molar-refractivity contribution in [2.75, 3.05) is 0 Å². The molecule has 0 aromatic heterocycles. The molecule has 1 aliphatic rings. The van der Waals surface area contributed by atoms with Crippen molar-refractivity contribution in [2.45, 2.75) is 113 Å². The van der Waals surface area contributed by atoms with Gasteiger partial charge in [0.1, 0.15) is 0 Å². The Morgan fingerprint density at radius 2 is 1.68 bits per heavy atom. The molecule has 3 unspecified atom stereocenters. The zero-order chi connectivity index (χ0) is 21.1. The van der Waals surface area contributed by atoms with E-state index < -0.39 is 0 Å². The second kappa shape index (κ2) is 13.2. The van der Waals surface area contributed by atoms with Crippen LogP contribution in [0.25, 0.3) is 5.57 Å². The molecule has 0 aliphatic heterocycles. The predicted octanol–water partition coefficient (Wildman–Crippen LogP) is 9.57. The average Bonchev–Trinajstić information content (AvgIpc) is 2.79. The number of hydrogen-bond acceptors (Lipinski definition) is 0. The summed E-state index contributed by atoms with van der Waals surface area (Å²) in [5, 5.41) is 0. The van der Waals surface area contributed by atoms with Crippen molar-refractivity contribution >= 4 is 5.57 Å². The maximum Gasteiger partial charge on any atom is -0.0156 e. The van der Waals surface area contributed by atoms with Crippen LogP contribution in [0.2, 0.25) is 0 Å². The first-order valence-electron chi connectivity index (χ1n) is 12.2. The maximum absolute atomic E-state index is 2.63. The van der Waals surface area contributed by atoms with Gasteiger partial charge in [-0.2, -0.15) is 0 Å². The van der Waals surface area contributed by atoms with Crippen molar-refractivity contribution < 1.29 is 0 Å². The van der Waals surface area contributed by atoms with E-state index in [1.54, 1.807) is 5.57 Å². The lowest BCUT2D eigenvalue weighted by Crippen LogP contribution is -2.11. The molecule has 0 bridgehead atoms. The van der Waals surface area contributed by atoms with Gasteiger partial charge in [-0.05, 0) is 65.7 Å². The summed E-state index contributed by atoms with van der Waals surface area (Å²) in [6.07, 6.45) is 13.7. The van der Waals surface area contributed by atoms with E-state index in [4.69, 9.17) is 0 Å². The summed E-state index contributed by atoms with van der Waals surface area (Å²) in [5.41, 5.74) is 6.13. The highest BCUT2D eigenvalue weighted by molar-refractivity contribution is 5.71. The number of aryl methyl sites for hydroxylation is 1. The van der Waals surface area contributed by atoms with E-state index in [2.05, 4.69) is 65.8 Å². The van der Waals surface area contributed by atoms with Crippen LogP contribution < -0.4 is 0 Å². The van der Waals surface area contributed by atoms with E-state index in [-0.39, 0.29) is 0 Å². The molecule has 0 heteroatoms. The highest BCUT2D eigenvalue weighted by Crippen LogP contribution is 2.38. The summed E-state index contributed by atoms with van der Waals surface area (Å²) in [6, 6.07) is 7.19. The van der Waals surface area contributed by atoms with Gasteiger partial charge in [-0.1, -0.05) is 111 Å². The van der Waals surface area contributed by atoms with E-state index in [1.165, 1.54) is 68.1 Å². The Hall–Kier alpha value is -1.04. The first kappa shape index (κ1) is 25.0. The van der Waals surface area contributed by atoms with Crippen molar-refractivity contribution in [3.63, 3.8) is 0 Å². The van der Waals surface area contributed by atoms with Gasteiger partial charge in [0, 0.05) is 0 Å². The normalized spacial score (nSPS) is 22.5. The molecule has 1 aliphatic carbocycles. The van der Waals surface area contributed by atoms with Crippen molar-refractivity contribution in [3.05, 3.63) is 41.0 Å². The van der Waals surface area contributed by atoms with Crippen molar-refractivity contribution in [3.8, 4) is 0 Å². The predicted molar refractivity (Wildman–Crippen MR) is 129 cm³/mol. The minimum atomic E-state index is 0.596. The molecule has 160 valence electrons. The van der Waals surface area contributed by atoms with Crippen molar-refractivity contribution in [2.24, 2.45) is 17.8 Å². The zero-order valence-corrected chi connectivity index (χ0v) is 20.3. The smallest absolute Gasteiger partial charge is 0.0156 e. The highest BCUT2D eigenvalue weighted by atomic mass is 14.3. The molecule has 0 heterocycles. The maximum atomic E-state index is 2.63. The molecule has 3 atom stereocenters.